The predicted molar refractivity (Wildman–Crippen MR) is 108 cm³/mol. The molecule has 134 valence electrons. The van der Waals surface area contributed by atoms with Gasteiger partial charge in [-0.3, -0.25) is 0 Å². The van der Waals surface area contributed by atoms with E-state index < -0.39 is 6.10 Å². The highest BCUT2D eigenvalue weighted by atomic mass is 35.5. The molecule has 0 radical (unpaired) electrons. The van der Waals surface area contributed by atoms with Crippen LogP contribution in [0.2, 0.25) is 10.0 Å². The molecular formula is C21H20Cl2N2O. The molecule has 3 aromatic rings. The first-order chi connectivity index (χ1) is 12.6. The first-order valence-electron chi connectivity index (χ1n) is 8.90. The van der Waals surface area contributed by atoms with Crippen molar-refractivity contribution >= 4 is 34.1 Å². The van der Waals surface area contributed by atoms with Crippen molar-refractivity contribution in [1.29, 1.82) is 0 Å². The summed E-state index contributed by atoms with van der Waals surface area (Å²) in [6.07, 6.45) is 2.69. The molecule has 1 aliphatic heterocycles. The zero-order valence-electron chi connectivity index (χ0n) is 14.3. The first kappa shape index (κ1) is 17.7. The number of nitrogens with zero attached hydrogens (tertiary/aromatic N) is 1. The second kappa shape index (κ2) is 7.53. The number of aliphatic hydroxyl groups excluding tert-OH is 1. The first-order valence-corrected chi connectivity index (χ1v) is 9.65. The third kappa shape index (κ3) is 3.45. The van der Waals surface area contributed by atoms with Crippen molar-refractivity contribution in [1.82, 2.24) is 10.3 Å². The molecule has 0 unspecified atom stereocenters. The van der Waals surface area contributed by atoms with Gasteiger partial charge in [0.05, 0.1) is 27.4 Å². The van der Waals surface area contributed by atoms with Crippen molar-refractivity contribution in [3.05, 3.63) is 64.1 Å². The van der Waals surface area contributed by atoms with E-state index in [0.29, 0.717) is 10.0 Å². The van der Waals surface area contributed by atoms with Gasteiger partial charge in [0, 0.05) is 17.0 Å². The van der Waals surface area contributed by atoms with Gasteiger partial charge in [-0.05, 0) is 49.2 Å². The largest absolute Gasteiger partial charge is 0.387 e. The fourth-order valence-corrected chi connectivity index (χ4v) is 3.91. The number of hydrogen-bond donors (Lipinski definition) is 2. The molecule has 3 nitrogen and oxygen atoms in total. The lowest BCUT2D eigenvalue weighted by Gasteiger charge is -2.29. The van der Waals surface area contributed by atoms with Crippen molar-refractivity contribution in [2.75, 3.05) is 6.54 Å². The lowest BCUT2D eigenvalue weighted by atomic mass is 9.92. The number of pyridine rings is 1. The van der Waals surface area contributed by atoms with Gasteiger partial charge in [0.25, 0.3) is 0 Å². The Kier molecular flexibility index (Phi) is 5.14. The Morgan fingerprint density at radius 1 is 1.04 bits per heavy atom. The zero-order chi connectivity index (χ0) is 18.1. The summed E-state index contributed by atoms with van der Waals surface area (Å²) < 4.78 is 0. The van der Waals surface area contributed by atoms with Crippen LogP contribution in [0.5, 0.6) is 0 Å². The van der Waals surface area contributed by atoms with Gasteiger partial charge >= 0.3 is 0 Å². The average molecular weight is 387 g/mol. The molecule has 26 heavy (non-hydrogen) atoms. The zero-order valence-corrected chi connectivity index (χ0v) is 15.8. The van der Waals surface area contributed by atoms with E-state index in [4.69, 9.17) is 28.2 Å². The predicted octanol–water partition coefficient (Wildman–Crippen LogP) is 5.38. The average Bonchev–Trinajstić information content (AvgIpc) is 2.69. The Labute approximate surface area is 163 Å². The minimum Gasteiger partial charge on any atom is -0.387 e. The van der Waals surface area contributed by atoms with Gasteiger partial charge in [-0.2, -0.15) is 0 Å². The third-order valence-corrected chi connectivity index (χ3v) is 5.75. The number of aliphatic hydroxyl groups is 1. The Hall–Kier alpha value is -1.65. The van der Waals surface area contributed by atoms with Gasteiger partial charge in [0.15, 0.2) is 0 Å². The molecule has 0 saturated carbocycles. The Morgan fingerprint density at radius 2 is 1.88 bits per heavy atom. The summed E-state index contributed by atoms with van der Waals surface area (Å²) in [6, 6.07) is 15.5. The van der Waals surface area contributed by atoms with Crippen LogP contribution in [0.4, 0.5) is 0 Å². The number of nitrogens with one attached hydrogen (secondary N) is 1. The van der Waals surface area contributed by atoms with E-state index in [2.05, 4.69) is 5.32 Å². The van der Waals surface area contributed by atoms with Crippen LogP contribution in [0.15, 0.2) is 48.5 Å². The van der Waals surface area contributed by atoms with E-state index in [0.717, 1.165) is 53.5 Å². The molecule has 0 amide bonds. The van der Waals surface area contributed by atoms with Crippen LogP contribution < -0.4 is 5.32 Å². The van der Waals surface area contributed by atoms with Gasteiger partial charge in [0.1, 0.15) is 0 Å². The molecular weight excluding hydrogens is 367 g/mol. The highest BCUT2D eigenvalue weighted by Gasteiger charge is 2.25. The van der Waals surface area contributed by atoms with Crippen molar-refractivity contribution in [2.24, 2.45) is 0 Å². The number of benzene rings is 2. The van der Waals surface area contributed by atoms with E-state index in [9.17, 15) is 5.11 Å². The molecule has 4 rings (SSSR count). The quantitative estimate of drug-likeness (QED) is 0.634. The number of fused-ring (bicyclic) bond motifs is 1. The minimum absolute atomic E-state index is 0.0659. The second-order valence-corrected chi connectivity index (χ2v) is 7.56. The number of halogens is 2. The van der Waals surface area contributed by atoms with Crippen molar-refractivity contribution in [3.8, 4) is 11.3 Å². The van der Waals surface area contributed by atoms with Gasteiger partial charge in [0.2, 0.25) is 0 Å². The molecule has 2 N–H and O–H groups in total. The molecule has 2 atom stereocenters. The Bertz CT molecular complexity index is 938. The summed E-state index contributed by atoms with van der Waals surface area (Å²) in [5.41, 5.74) is 3.43. The molecule has 1 saturated heterocycles. The second-order valence-electron chi connectivity index (χ2n) is 6.74. The monoisotopic (exact) mass is 386 g/mol. The lowest BCUT2D eigenvalue weighted by molar-refractivity contribution is 0.115. The Morgan fingerprint density at radius 3 is 2.65 bits per heavy atom. The molecule has 5 heteroatoms. The van der Waals surface area contributed by atoms with Gasteiger partial charge in [-0.1, -0.05) is 53.9 Å². The van der Waals surface area contributed by atoms with Gasteiger partial charge < -0.3 is 10.4 Å². The number of hydrogen-bond acceptors (Lipinski definition) is 3. The third-order valence-electron chi connectivity index (χ3n) is 5.01. The molecule has 2 aromatic carbocycles. The van der Waals surface area contributed by atoms with Crippen LogP contribution >= 0.6 is 23.2 Å². The summed E-state index contributed by atoms with van der Waals surface area (Å²) in [7, 11) is 0. The molecule has 0 aliphatic carbocycles. The SMILES string of the molecule is O[C@@H](c1cc(-c2ccc(Cl)c(Cl)c2)nc2ccccc12)[C@@H]1CCCCN1. The van der Waals surface area contributed by atoms with Crippen molar-refractivity contribution in [2.45, 2.75) is 31.4 Å². The maximum Gasteiger partial charge on any atom is 0.0950 e. The summed E-state index contributed by atoms with van der Waals surface area (Å²) in [6.45, 7) is 0.949. The van der Waals surface area contributed by atoms with Crippen LogP contribution in [0, 0.1) is 0 Å². The highest BCUT2D eigenvalue weighted by molar-refractivity contribution is 6.42. The van der Waals surface area contributed by atoms with E-state index >= 15 is 0 Å². The summed E-state index contributed by atoms with van der Waals surface area (Å²) in [4.78, 5) is 4.77. The maximum absolute atomic E-state index is 11.1. The standard InChI is InChI=1S/C21H20Cl2N2O/c22-16-9-8-13(11-17(16)23)20-12-15(14-5-1-2-6-18(14)25-20)21(26)19-7-3-4-10-24-19/h1-2,5-6,8-9,11-12,19,21,24,26H,3-4,7,10H2/t19-,21-/m0/s1. The molecule has 2 heterocycles. The van der Waals surface area contributed by atoms with Crippen LogP contribution in [0.25, 0.3) is 22.2 Å². The fraction of sp³-hybridized carbons (Fsp3) is 0.286. The van der Waals surface area contributed by atoms with Crippen LogP contribution in [0.3, 0.4) is 0 Å². The number of aromatic nitrogens is 1. The summed E-state index contributed by atoms with van der Waals surface area (Å²) >= 11 is 12.2. The number of piperidine rings is 1. The maximum atomic E-state index is 11.1. The fourth-order valence-electron chi connectivity index (χ4n) is 3.62. The molecule has 0 bridgehead atoms. The Balaban J connectivity index is 1.83. The van der Waals surface area contributed by atoms with E-state index in [1.807, 2.05) is 42.5 Å². The molecule has 1 aromatic heterocycles. The highest BCUT2D eigenvalue weighted by Crippen LogP contribution is 2.34. The summed E-state index contributed by atoms with van der Waals surface area (Å²) in [5.74, 6) is 0. The normalized spacial score (nSPS) is 18.8. The van der Waals surface area contributed by atoms with Crippen LogP contribution in [-0.4, -0.2) is 22.7 Å². The number of rotatable bonds is 3. The van der Waals surface area contributed by atoms with Crippen molar-refractivity contribution in [3.63, 3.8) is 0 Å². The molecule has 1 aliphatic rings. The smallest absolute Gasteiger partial charge is 0.0950 e. The van der Waals surface area contributed by atoms with Gasteiger partial charge in [-0.25, -0.2) is 4.98 Å². The molecule has 0 spiro atoms. The van der Waals surface area contributed by atoms with Crippen LogP contribution in [0.1, 0.15) is 30.9 Å². The minimum atomic E-state index is -0.579. The lowest BCUT2D eigenvalue weighted by Crippen LogP contribution is -2.38. The van der Waals surface area contributed by atoms with Gasteiger partial charge in [-0.15, -0.1) is 0 Å². The topological polar surface area (TPSA) is 45.2 Å². The number of para-hydroxylation sites is 1. The van der Waals surface area contributed by atoms with Crippen molar-refractivity contribution < 1.29 is 5.11 Å². The van der Waals surface area contributed by atoms with E-state index in [1.165, 1.54) is 0 Å². The molecule has 1 fully saturated rings. The van der Waals surface area contributed by atoms with Crippen LogP contribution in [-0.2, 0) is 0 Å². The van der Waals surface area contributed by atoms with E-state index in [1.54, 1.807) is 6.07 Å². The van der Waals surface area contributed by atoms with E-state index in [-0.39, 0.29) is 6.04 Å². The summed E-state index contributed by atoms with van der Waals surface area (Å²) in [5, 5.41) is 16.5.